The van der Waals surface area contributed by atoms with E-state index in [0.717, 1.165) is 12.1 Å². The van der Waals surface area contributed by atoms with E-state index in [1.165, 1.54) is 16.7 Å². The highest BCUT2D eigenvalue weighted by atomic mass is 32.2. The Balaban J connectivity index is 1.69. The smallest absolute Gasteiger partial charge is 0.246 e. The molecule has 1 aromatic heterocycles. The van der Waals surface area contributed by atoms with Gasteiger partial charge in [-0.3, -0.25) is 0 Å². The van der Waals surface area contributed by atoms with Gasteiger partial charge in [0.15, 0.2) is 5.82 Å². The van der Waals surface area contributed by atoms with Gasteiger partial charge in [0, 0.05) is 44.9 Å². The molecule has 8 heteroatoms. The van der Waals surface area contributed by atoms with Crippen LogP contribution in [0.2, 0.25) is 0 Å². The number of hydrogen-bond acceptors (Lipinski definition) is 6. The molecule has 0 spiro atoms. The monoisotopic (exact) mass is 362 g/mol. The van der Waals surface area contributed by atoms with Gasteiger partial charge in [-0.1, -0.05) is 30.3 Å². The first-order valence-corrected chi connectivity index (χ1v) is 9.76. The lowest BCUT2D eigenvalue weighted by Gasteiger charge is -2.33. The van der Waals surface area contributed by atoms with Crippen LogP contribution in [-0.4, -0.2) is 72.0 Å². The van der Waals surface area contributed by atoms with Gasteiger partial charge >= 0.3 is 0 Å². The van der Waals surface area contributed by atoms with Gasteiger partial charge in [-0.25, -0.2) is 18.4 Å². The third-order valence-corrected chi connectivity index (χ3v) is 6.11. The van der Waals surface area contributed by atoms with E-state index in [9.17, 15) is 8.42 Å². The number of aliphatic hydroxyl groups is 1. The summed E-state index contributed by atoms with van der Waals surface area (Å²) in [6.45, 7) is 3.16. The molecule has 1 fully saturated rings. The number of sulfonamides is 1. The molecule has 7 nitrogen and oxygen atoms in total. The molecule has 1 aliphatic heterocycles. The summed E-state index contributed by atoms with van der Waals surface area (Å²) in [5, 5.41) is 8.88. The van der Waals surface area contributed by atoms with Crippen molar-refractivity contribution in [2.75, 3.05) is 39.3 Å². The standard InChI is InChI=1S/C17H22N4O3S/c22-12-4-7-20-8-10-21(11-9-20)25(23,24)16-13-18-17(19-14-16)15-5-2-1-3-6-15/h1-3,5-6,13-14,22H,4,7-12H2. The van der Waals surface area contributed by atoms with Crippen LogP contribution in [-0.2, 0) is 10.0 Å². The molecule has 1 saturated heterocycles. The summed E-state index contributed by atoms with van der Waals surface area (Å²) < 4.78 is 27.0. The van der Waals surface area contributed by atoms with Gasteiger partial charge in [-0.05, 0) is 6.42 Å². The first kappa shape index (κ1) is 17.9. The van der Waals surface area contributed by atoms with Gasteiger partial charge in [0.2, 0.25) is 10.0 Å². The number of piperazine rings is 1. The molecular weight excluding hydrogens is 340 g/mol. The van der Waals surface area contributed by atoms with Gasteiger partial charge in [0.05, 0.1) is 12.4 Å². The van der Waals surface area contributed by atoms with E-state index in [1.807, 2.05) is 30.3 Å². The zero-order valence-electron chi connectivity index (χ0n) is 14.0. The molecule has 0 amide bonds. The molecule has 1 aromatic carbocycles. The predicted molar refractivity (Wildman–Crippen MR) is 94.4 cm³/mol. The number of nitrogens with zero attached hydrogens (tertiary/aromatic N) is 4. The second-order valence-electron chi connectivity index (χ2n) is 5.93. The predicted octanol–water partition coefficient (Wildman–Crippen LogP) is 0.832. The Kier molecular flexibility index (Phi) is 5.74. The lowest BCUT2D eigenvalue weighted by molar-refractivity contribution is 0.171. The molecule has 2 heterocycles. The normalized spacial score (nSPS) is 16.8. The van der Waals surface area contributed by atoms with Crippen LogP contribution in [0.15, 0.2) is 47.6 Å². The Hall–Kier alpha value is -1.87. The van der Waals surface area contributed by atoms with Crippen molar-refractivity contribution in [3.05, 3.63) is 42.7 Å². The van der Waals surface area contributed by atoms with Gasteiger partial charge in [0.25, 0.3) is 0 Å². The SMILES string of the molecule is O=S(=O)(c1cnc(-c2ccccc2)nc1)N1CCN(CCCO)CC1. The van der Waals surface area contributed by atoms with Crippen molar-refractivity contribution in [3.63, 3.8) is 0 Å². The molecule has 0 unspecified atom stereocenters. The van der Waals surface area contributed by atoms with Crippen molar-refractivity contribution in [1.82, 2.24) is 19.2 Å². The maximum atomic E-state index is 12.7. The van der Waals surface area contributed by atoms with E-state index in [0.29, 0.717) is 38.4 Å². The van der Waals surface area contributed by atoms with Gasteiger partial charge in [-0.2, -0.15) is 4.31 Å². The number of rotatable bonds is 6. The second kappa shape index (κ2) is 8.01. The van der Waals surface area contributed by atoms with Crippen molar-refractivity contribution in [2.45, 2.75) is 11.3 Å². The molecule has 1 N–H and O–H groups in total. The van der Waals surface area contributed by atoms with Crippen LogP contribution < -0.4 is 0 Å². The third kappa shape index (κ3) is 4.21. The minimum Gasteiger partial charge on any atom is -0.396 e. The van der Waals surface area contributed by atoms with Crippen LogP contribution in [0.1, 0.15) is 6.42 Å². The highest BCUT2D eigenvalue weighted by molar-refractivity contribution is 7.89. The quantitative estimate of drug-likeness (QED) is 0.819. The largest absolute Gasteiger partial charge is 0.396 e. The summed E-state index contributed by atoms with van der Waals surface area (Å²) in [4.78, 5) is 10.7. The maximum Gasteiger partial charge on any atom is 0.246 e. The first-order valence-electron chi connectivity index (χ1n) is 8.32. The van der Waals surface area contributed by atoms with Crippen LogP contribution in [0, 0.1) is 0 Å². The molecule has 25 heavy (non-hydrogen) atoms. The van der Waals surface area contributed by atoms with E-state index < -0.39 is 10.0 Å². The zero-order chi connectivity index (χ0) is 17.7. The third-order valence-electron chi connectivity index (χ3n) is 4.26. The van der Waals surface area contributed by atoms with Crippen LogP contribution in [0.3, 0.4) is 0 Å². The van der Waals surface area contributed by atoms with Crippen LogP contribution in [0.5, 0.6) is 0 Å². The van der Waals surface area contributed by atoms with E-state index in [1.54, 1.807) is 0 Å². The summed E-state index contributed by atoms with van der Waals surface area (Å²) in [6.07, 6.45) is 3.47. The Morgan fingerprint density at radius 3 is 2.24 bits per heavy atom. The molecule has 0 saturated carbocycles. The lowest BCUT2D eigenvalue weighted by atomic mass is 10.2. The van der Waals surface area contributed by atoms with Crippen molar-refractivity contribution in [2.24, 2.45) is 0 Å². The molecule has 134 valence electrons. The van der Waals surface area contributed by atoms with E-state index >= 15 is 0 Å². The Labute approximate surface area is 148 Å². The molecule has 2 aromatic rings. The summed E-state index contributed by atoms with van der Waals surface area (Å²) >= 11 is 0. The molecule has 0 bridgehead atoms. The summed E-state index contributed by atoms with van der Waals surface area (Å²) in [6, 6.07) is 9.45. The average molecular weight is 362 g/mol. The van der Waals surface area contributed by atoms with Crippen molar-refractivity contribution in [3.8, 4) is 11.4 Å². The number of hydrogen-bond donors (Lipinski definition) is 1. The topological polar surface area (TPSA) is 86.6 Å². The molecule has 0 aliphatic carbocycles. The highest BCUT2D eigenvalue weighted by Gasteiger charge is 2.28. The van der Waals surface area contributed by atoms with Crippen LogP contribution in [0.25, 0.3) is 11.4 Å². The summed E-state index contributed by atoms with van der Waals surface area (Å²) in [7, 11) is -3.57. The molecule has 1 aliphatic rings. The number of aliphatic hydroxyl groups excluding tert-OH is 1. The summed E-state index contributed by atoms with van der Waals surface area (Å²) in [5.74, 6) is 0.508. The minimum atomic E-state index is -3.57. The number of aromatic nitrogens is 2. The fourth-order valence-electron chi connectivity index (χ4n) is 2.82. The van der Waals surface area contributed by atoms with Gasteiger partial charge in [-0.15, -0.1) is 0 Å². The second-order valence-corrected chi connectivity index (χ2v) is 7.87. The van der Waals surface area contributed by atoms with Crippen LogP contribution in [0.4, 0.5) is 0 Å². The van der Waals surface area contributed by atoms with Crippen molar-refractivity contribution < 1.29 is 13.5 Å². The van der Waals surface area contributed by atoms with Crippen LogP contribution >= 0.6 is 0 Å². The first-order chi connectivity index (χ1) is 12.1. The van der Waals surface area contributed by atoms with Gasteiger partial charge < -0.3 is 10.0 Å². The minimum absolute atomic E-state index is 0.121. The molecular formula is C17H22N4O3S. The van der Waals surface area contributed by atoms with E-state index in [2.05, 4.69) is 14.9 Å². The maximum absolute atomic E-state index is 12.7. The zero-order valence-corrected chi connectivity index (χ0v) is 14.8. The molecule has 3 rings (SSSR count). The van der Waals surface area contributed by atoms with E-state index in [4.69, 9.17) is 5.11 Å². The molecule has 0 atom stereocenters. The lowest BCUT2D eigenvalue weighted by Crippen LogP contribution is -2.48. The Morgan fingerprint density at radius 2 is 1.64 bits per heavy atom. The number of benzene rings is 1. The Bertz CT molecular complexity index is 773. The van der Waals surface area contributed by atoms with E-state index in [-0.39, 0.29) is 11.5 Å². The molecule has 0 radical (unpaired) electrons. The van der Waals surface area contributed by atoms with Gasteiger partial charge in [0.1, 0.15) is 4.90 Å². The highest BCUT2D eigenvalue weighted by Crippen LogP contribution is 2.19. The van der Waals surface area contributed by atoms with Crippen molar-refractivity contribution >= 4 is 10.0 Å². The fraction of sp³-hybridized carbons (Fsp3) is 0.412. The fourth-order valence-corrected chi connectivity index (χ4v) is 4.14. The summed E-state index contributed by atoms with van der Waals surface area (Å²) in [5.41, 5.74) is 0.851. The van der Waals surface area contributed by atoms with Crippen molar-refractivity contribution in [1.29, 1.82) is 0 Å². The average Bonchev–Trinajstić information content (AvgIpc) is 2.67. The Morgan fingerprint density at radius 1 is 1.00 bits per heavy atom.